The van der Waals surface area contributed by atoms with E-state index < -0.39 is 17.5 Å². The van der Waals surface area contributed by atoms with Gasteiger partial charge in [0.2, 0.25) is 0 Å². The van der Waals surface area contributed by atoms with Crippen LogP contribution in [0.1, 0.15) is 56.1 Å². The molecule has 4 atom stereocenters. The first-order chi connectivity index (χ1) is 14.1. The van der Waals surface area contributed by atoms with E-state index in [1.54, 1.807) is 0 Å². The Labute approximate surface area is 176 Å². The summed E-state index contributed by atoms with van der Waals surface area (Å²) in [6.07, 6.45) is 6.72. The maximum atomic E-state index is 11.4. The molecular weight excluding hydrogens is 388 g/mol. The number of aliphatic carboxylic acids is 2. The van der Waals surface area contributed by atoms with Crippen molar-refractivity contribution in [2.45, 2.75) is 57.5 Å². The second-order valence-corrected chi connectivity index (χ2v) is 8.43. The van der Waals surface area contributed by atoms with Crippen LogP contribution in [0.25, 0.3) is 0 Å². The number of aryl methyl sites for hydroxylation is 1. The summed E-state index contributed by atoms with van der Waals surface area (Å²) in [5, 5.41) is 30.3. The van der Waals surface area contributed by atoms with Gasteiger partial charge < -0.3 is 25.9 Å². The highest BCUT2D eigenvalue weighted by atomic mass is 16.6. The summed E-state index contributed by atoms with van der Waals surface area (Å²) in [6, 6.07) is 8.74. The molecule has 0 radical (unpaired) electrons. The number of nitrogens with two attached hydrogens (primary N) is 1. The topological polar surface area (TPSA) is 142 Å². The van der Waals surface area contributed by atoms with Crippen LogP contribution >= 0.6 is 0 Å². The molecule has 2 fully saturated rings. The minimum absolute atomic E-state index is 0.108. The molecular formula is C22H32N2O6. The van der Waals surface area contributed by atoms with E-state index in [2.05, 4.69) is 43.3 Å². The fourth-order valence-electron chi connectivity index (χ4n) is 4.75. The highest BCUT2D eigenvalue weighted by Gasteiger charge is 2.58. The maximum absolute atomic E-state index is 11.4. The number of hydrogen-bond donors (Lipinski definition) is 4. The van der Waals surface area contributed by atoms with Gasteiger partial charge >= 0.3 is 11.9 Å². The maximum Gasteiger partial charge on any atom is 0.414 e. The minimum Gasteiger partial charge on any atom is -0.473 e. The molecule has 8 heteroatoms. The molecule has 2 saturated carbocycles. The SMILES string of the molecule is Cc1cccc([C@H]2CC[C@]3(C)[C@@H](/C=N/OCCN)CC[C@]3(O)C2)c1.O=C(O)C(=O)O. The molecule has 0 saturated heterocycles. The van der Waals surface area contributed by atoms with Crippen LogP contribution in [0.4, 0.5) is 0 Å². The molecule has 2 aliphatic carbocycles. The van der Waals surface area contributed by atoms with Gasteiger partial charge in [0.05, 0.1) is 5.60 Å². The molecule has 0 aliphatic heterocycles. The summed E-state index contributed by atoms with van der Waals surface area (Å²) in [4.78, 5) is 23.4. The number of oxime groups is 1. The number of hydrogen-bond acceptors (Lipinski definition) is 6. The van der Waals surface area contributed by atoms with E-state index in [4.69, 9.17) is 30.4 Å². The normalized spacial score (nSPS) is 30.3. The zero-order valence-electron chi connectivity index (χ0n) is 17.6. The number of nitrogens with zero attached hydrogens (tertiary/aromatic N) is 1. The molecule has 0 amide bonds. The second-order valence-electron chi connectivity index (χ2n) is 8.43. The second kappa shape index (κ2) is 10.0. The lowest BCUT2D eigenvalue weighted by Gasteiger charge is -2.48. The van der Waals surface area contributed by atoms with Crippen molar-refractivity contribution in [1.82, 2.24) is 0 Å². The number of benzene rings is 1. The first kappa shape index (κ1) is 23.8. The van der Waals surface area contributed by atoms with E-state index >= 15 is 0 Å². The summed E-state index contributed by atoms with van der Waals surface area (Å²) < 4.78 is 0. The van der Waals surface area contributed by atoms with Crippen LogP contribution in [0.5, 0.6) is 0 Å². The van der Waals surface area contributed by atoms with Crippen LogP contribution in [-0.4, -0.2) is 52.2 Å². The van der Waals surface area contributed by atoms with Crippen molar-refractivity contribution >= 4 is 18.2 Å². The Morgan fingerprint density at radius 2 is 1.97 bits per heavy atom. The first-order valence-corrected chi connectivity index (χ1v) is 10.2. The van der Waals surface area contributed by atoms with Crippen molar-refractivity contribution in [3.05, 3.63) is 35.4 Å². The van der Waals surface area contributed by atoms with Crippen LogP contribution in [0, 0.1) is 18.3 Å². The smallest absolute Gasteiger partial charge is 0.414 e. The van der Waals surface area contributed by atoms with E-state index in [9.17, 15) is 5.11 Å². The summed E-state index contributed by atoms with van der Waals surface area (Å²) in [6.45, 7) is 5.28. The van der Waals surface area contributed by atoms with E-state index in [1.807, 2.05) is 6.21 Å². The van der Waals surface area contributed by atoms with Crippen LogP contribution in [0.15, 0.2) is 29.4 Å². The number of carboxylic acids is 2. The van der Waals surface area contributed by atoms with Crippen LogP contribution in [0.3, 0.4) is 0 Å². The number of carboxylic acid groups (broad SMARTS) is 2. The van der Waals surface area contributed by atoms with Crippen molar-refractivity contribution in [2.24, 2.45) is 22.2 Å². The molecule has 0 bridgehead atoms. The van der Waals surface area contributed by atoms with Crippen LogP contribution in [-0.2, 0) is 14.4 Å². The third kappa shape index (κ3) is 5.37. The molecule has 3 rings (SSSR count). The van der Waals surface area contributed by atoms with E-state index in [1.165, 1.54) is 11.1 Å². The highest BCUT2D eigenvalue weighted by Crippen LogP contribution is 2.60. The van der Waals surface area contributed by atoms with Crippen molar-refractivity contribution in [2.75, 3.05) is 13.2 Å². The monoisotopic (exact) mass is 420 g/mol. The minimum atomic E-state index is -1.82. The van der Waals surface area contributed by atoms with Crippen molar-refractivity contribution in [3.63, 3.8) is 0 Å². The molecule has 30 heavy (non-hydrogen) atoms. The van der Waals surface area contributed by atoms with Gasteiger partial charge in [-0.2, -0.15) is 0 Å². The molecule has 2 aliphatic rings. The summed E-state index contributed by atoms with van der Waals surface area (Å²) in [7, 11) is 0. The summed E-state index contributed by atoms with van der Waals surface area (Å²) >= 11 is 0. The van der Waals surface area contributed by atoms with Gasteiger partial charge in [-0.25, -0.2) is 9.59 Å². The van der Waals surface area contributed by atoms with Crippen molar-refractivity contribution < 1.29 is 29.7 Å². The molecule has 0 spiro atoms. The molecule has 1 aromatic rings. The van der Waals surface area contributed by atoms with Gasteiger partial charge in [-0.3, -0.25) is 0 Å². The van der Waals surface area contributed by atoms with E-state index in [0.717, 1.165) is 32.1 Å². The molecule has 1 aromatic carbocycles. The Hall–Kier alpha value is -2.45. The van der Waals surface area contributed by atoms with Crippen LogP contribution < -0.4 is 5.73 Å². The third-order valence-corrected chi connectivity index (χ3v) is 6.57. The zero-order valence-corrected chi connectivity index (χ0v) is 17.6. The van der Waals surface area contributed by atoms with Gasteiger partial charge in [-0.15, -0.1) is 0 Å². The lowest BCUT2D eigenvalue weighted by molar-refractivity contribution is -0.159. The summed E-state index contributed by atoms with van der Waals surface area (Å²) in [5.74, 6) is -2.92. The van der Waals surface area contributed by atoms with Gasteiger partial charge in [0.15, 0.2) is 0 Å². The molecule has 5 N–H and O–H groups in total. The van der Waals surface area contributed by atoms with Crippen molar-refractivity contribution in [3.8, 4) is 0 Å². The average molecular weight is 421 g/mol. The number of rotatable bonds is 5. The van der Waals surface area contributed by atoms with Gasteiger partial charge in [0, 0.05) is 24.1 Å². The zero-order chi connectivity index (χ0) is 22.4. The predicted molar refractivity (Wildman–Crippen MR) is 112 cm³/mol. The fraction of sp³-hybridized carbons (Fsp3) is 0.591. The Morgan fingerprint density at radius 3 is 2.57 bits per heavy atom. The molecule has 0 aromatic heterocycles. The van der Waals surface area contributed by atoms with Gasteiger partial charge in [-0.05, 0) is 50.5 Å². The largest absolute Gasteiger partial charge is 0.473 e. The standard InChI is InChI=1S/C20H30N2O2.C2H2O4/c1-15-4-3-5-16(12-15)17-6-8-19(2)18(14-22-24-11-10-21)7-9-20(19,23)13-17;3-1(4)2(5)6/h3-5,12,14,17-18,23H,6-11,13,21H2,1-2H3;(H,3,4)(H,5,6)/b22-14+;/t17-,18+,19+,20-;/m0./s1. The average Bonchev–Trinajstić information content (AvgIpc) is 2.96. The number of aliphatic hydroxyl groups is 1. The lowest BCUT2D eigenvalue weighted by atomic mass is 9.59. The molecule has 0 heterocycles. The summed E-state index contributed by atoms with van der Waals surface area (Å²) in [5.41, 5.74) is 7.37. The van der Waals surface area contributed by atoms with E-state index in [0.29, 0.717) is 19.1 Å². The Bertz CT molecular complexity index is 771. The van der Waals surface area contributed by atoms with Gasteiger partial charge in [0.25, 0.3) is 0 Å². The van der Waals surface area contributed by atoms with Crippen LogP contribution in [0.2, 0.25) is 0 Å². The molecule has 0 unspecified atom stereocenters. The quantitative estimate of drug-likeness (QED) is 0.248. The van der Waals surface area contributed by atoms with Crippen molar-refractivity contribution in [1.29, 1.82) is 0 Å². The Morgan fingerprint density at radius 1 is 1.27 bits per heavy atom. The number of fused-ring (bicyclic) bond motifs is 1. The Kier molecular flexibility index (Phi) is 7.97. The highest BCUT2D eigenvalue weighted by molar-refractivity contribution is 6.27. The lowest BCUT2D eigenvalue weighted by Crippen LogP contribution is -2.49. The predicted octanol–water partition coefficient (Wildman–Crippen LogP) is 2.53. The van der Waals surface area contributed by atoms with Gasteiger partial charge in [-0.1, -0.05) is 41.9 Å². The molecule has 166 valence electrons. The Balaban J connectivity index is 0.000000469. The molecule has 8 nitrogen and oxygen atoms in total. The fourth-order valence-corrected chi connectivity index (χ4v) is 4.75. The third-order valence-electron chi connectivity index (χ3n) is 6.57. The number of carbonyl (C=O) groups is 2. The van der Waals surface area contributed by atoms with E-state index in [-0.39, 0.29) is 11.3 Å². The van der Waals surface area contributed by atoms with Gasteiger partial charge in [0.1, 0.15) is 6.61 Å². The first-order valence-electron chi connectivity index (χ1n) is 10.2.